The summed E-state index contributed by atoms with van der Waals surface area (Å²) in [6.07, 6.45) is 3.17. The van der Waals surface area contributed by atoms with Crippen LogP contribution in [-0.2, 0) is 16.6 Å². The average molecular weight is 443 g/mol. The molecule has 2 aliphatic heterocycles. The van der Waals surface area contributed by atoms with Crippen molar-refractivity contribution >= 4 is 15.9 Å². The summed E-state index contributed by atoms with van der Waals surface area (Å²) in [5, 5.41) is 8.96. The Morgan fingerprint density at radius 2 is 1.74 bits per heavy atom. The molecule has 166 valence electrons. The van der Waals surface area contributed by atoms with Gasteiger partial charge in [0.1, 0.15) is 5.25 Å². The van der Waals surface area contributed by atoms with Crippen LogP contribution in [0.25, 0.3) is 0 Å². The number of amides is 1. The minimum Gasteiger partial charge on any atom is -0.394 e. The Balaban J connectivity index is 1.51. The van der Waals surface area contributed by atoms with Crippen molar-refractivity contribution in [3.63, 3.8) is 0 Å². The zero-order valence-electron chi connectivity index (χ0n) is 17.9. The van der Waals surface area contributed by atoms with Crippen LogP contribution in [0.15, 0.2) is 54.6 Å². The lowest BCUT2D eigenvalue weighted by Crippen LogP contribution is -2.44. The summed E-state index contributed by atoms with van der Waals surface area (Å²) >= 11 is 0. The second-order valence-electron chi connectivity index (χ2n) is 8.59. The highest BCUT2D eigenvalue weighted by molar-refractivity contribution is 7.89. The van der Waals surface area contributed by atoms with Gasteiger partial charge in [0.15, 0.2) is 0 Å². The lowest BCUT2D eigenvalue weighted by Gasteiger charge is -2.37. The fraction of sp³-hybridized carbons (Fsp3) is 0.458. The van der Waals surface area contributed by atoms with Gasteiger partial charge in [0.25, 0.3) is 5.91 Å². The number of hydrogen-bond acceptors (Lipinski definition) is 4. The Kier molecular flexibility index (Phi) is 6.46. The fourth-order valence-corrected chi connectivity index (χ4v) is 6.94. The second kappa shape index (κ2) is 9.10. The molecule has 2 fully saturated rings. The minimum absolute atomic E-state index is 0.0168. The molecule has 0 radical (unpaired) electrons. The molecular weight excluding hydrogens is 412 g/mol. The summed E-state index contributed by atoms with van der Waals surface area (Å²) in [7, 11) is -3.48. The molecule has 0 saturated carbocycles. The number of nitrogens with zero attached hydrogens (tertiary/aromatic N) is 2. The normalized spacial score (nSPS) is 26.1. The molecule has 7 heteroatoms. The summed E-state index contributed by atoms with van der Waals surface area (Å²) in [6.45, 7) is 2.90. The molecule has 0 aromatic heterocycles. The third kappa shape index (κ3) is 4.40. The lowest BCUT2D eigenvalue weighted by molar-refractivity contribution is 0.0677. The van der Waals surface area contributed by atoms with Gasteiger partial charge in [-0.05, 0) is 55.9 Å². The molecule has 2 aromatic carbocycles. The first kappa shape index (κ1) is 22.0. The molecule has 2 aromatic rings. The third-order valence-corrected chi connectivity index (χ3v) is 8.95. The monoisotopic (exact) mass is 442 g/mol. The molecule has 4 rings (SSSR count). The summed E-state index contributed by atoms with van der Waals surface area (Å²) < 4.78 is 28.4. The van der Waals surface area contributed by atoms with Crippen LogP contribution in [0.1, 0.15) is 59.3 Å². The van der Waals surface area contributed by atoms with Gasteiger partial charge >= 0.3 is 0 Å². The maximum absolute atomic E-state index is 13.4. The molecule has 2 saturated heterocycles. The summed E-state index contributed by atoms with van der Waals surface area (Å²) in [4.78, 5) is 14.5. The van der Waals surface area contributed by atoms with Crippen LogP contribution in [0.4, 0.5) is 0 Å². The van der Waals surface area contributed by atoms with Gasteiger partial charge in [-0.1, -0.05) is 42.5 Å². The van der Waals surface area contributed by atoms with Crippen LogP contribution in [0, 0.1) is 0 Å². The number of benzene rings is 2. The van der Waals surface area contributed by atoms with E-state index in [1.54, 1.807) is 21.3 Å². The van der Waals surface area contributed by atoms with E-state index in [2.05, 4.69) is 0 Å². The van der Waals surface area contributed by atoms with Crippen LogP contribution in [0.2, 0.25) is 0 Å². The highest BCUT2D eigenvalue weighted by Gasteiger charge is 2.40. The lowest BCUT2D eigenvalue weighted by atomic mass is 10.0. The number of rotatable bonds is 5. The van der Waals surface area contributed by atoms with Crippen molar-refractivity contribution in [3.8, 4) is 0 Å². The van der Waals surface area contributed by atoms with Crippen LogP contribution in [0.5, 0.6) is 0 Å². The van der Waals surface area contributed by atoms with Crippen LogP contribution < -0.4 is 0 Å². The first-order chi connectivity index (χ1) is 14.9. The van der Waals surface area contributed by atoms with E-state index in [9.17, 15) is 18.3 Å². The molecule has 6 nitrogen and oxygen atoms in total. The van der Waals surface area contributed by atoms with E-state index in [4.69, 9.17) is 0 Å². The Morgan fingerprint density at radius 3 is 2.42 bits per heavy atom. The van der Waals surface area contributed by atoms with E-state index in [0.29, 0.717) is 25.1 Å². The minimum atomic E-state index is -3.48. The van der Waals surface area contributed by atoms with E-state index < -0.39 is 15.3 Å². The van der Waals surface area contributed by atoms with Gasteiger partial charge in [-0.15, -0.1) is 0 Å². The molecule has 0 aliphatic carbocycles. The van der Waals surface area contributed by atoms with Crippen molar-refractivity contribution in [1.29, 1.82) is 0 Å². The third-order valence-electron chi connectivity index (χ3n) is 6.58. The molecule has 1 amide bonds. The predicted molar refractivity (Wildman–Crippen MR) is 120 cm³/mol. The molecule has 31 heavy (non-hydrogen) atoms. The maximum atomic E-state index is 13.4. The SMILES string of the molecule is CC1CCC(c2ccccc2)S(=O)(=O)N1Cc1ccc(C(=O)N2CCCC2CO)cc1. The van der Waals surface area contributed by atoms with Crippen molar-refractivity contribution in [3.05, 3.63) is 71.3 Å². The highest BCUT2D eigenvalue weighted by atomic mass is 32.2. The van der Waals surface area contributed by atoms with Gasteiger partial charge in [0, 0.05) is 24.7 Å². The zero-order valence-corrected chi connectivity index (χ0v) is 18.7. The summed E-state index contributed by atoms with van der Waals surface area (Å²) in [5.41, 5.74) is 2.27. The highest BCUT2D eigenvalue weighted by Crippen LogP contribution is 2.38. The van der Waals surface area contributed by atoms with Gasteiger partial charge in [0.05, 0.1) is 12.6 Å². The van der Waals surface area contributed by atoms with Gasteiger partial charge < -0.3 is 10.0 Å². The number of hydrogen-bond donors (Lipinski definition) is 1. The van der Waals surface area contributed by atoms with E-state index in [-0.39, 0.29) is 24.6 Å². The number of likely N-dealkylation sites (tertiary alicyclic amines) is 1. The predicted octanol–water partition coefficient (Wildman–Crippen LogP) is 3.34. The van der Waals surface area contributed by atoms with Crippen LogP contribution >= 0.6 is 0 Å². The number of aliphatic hydroxyl groups excluding tert-OH is 1. The molecule has 3 atom stereocenters. The molecular formula is C24H30N2O4S. The van der Waals surface area contributed by atoms with Crippen molar-refractivity contribution < 1.29 is 18.3 Å². The van der Waals surface area contributed by atoms with Crippen LogP contribution in [0.3, 0.4) is 0 Å². The molecule has 1 N–H and O–H groups in total. The van der Waals surface area contributed by atoms with Crippen LogP contribution in [-0.4, -0.2) is 53.9 Å². The zero-order chi connectivity index (χ0) is 22.0. The van der Waals surface area contributed by atoms with Gasteiger partial charge in [0.2, 0.25) is 10.0 Å². The molecule has 3 unspecified atom stereocenters. The first-order valence-electron chi connectivity index (χ1n) is 11.0. The average Bonchev–Trinajstić information content (AvgIpc) is 3.26. The van der Waals surface area contributed by atoms with Gasteiger partial charge in [-0.3, -0.25) is 4.79 Å². The quantitative estimate of drug-likeness (QED) is 0.770. The Labute approximate surface area is 184 Å². The molecule has 2 aliphatic rings. The van der Waals surface area contributed by atoms with Crippen molar-refractivity contribution in [2.45, 2.75) is 56.5 Å². The summed E-state index contributed by atoms with van der Waals surface area (Å²) in [6, 6.07) is 16.5. The molecule has 2 heterocycles. The van der Waals surface area contributed by atoms with E-state index in [1.165, 1.54) is 0 Å². The first-order valence-corrected chi connectivity index (χ1v) is 12.5. The fourth-order valence-electron chi connectivity index (χ4n) is 4.74. The number of carbonyl (C=O) groups is 1. The van der Waals surface area contributed by atoms with Gasteiger partial charge in [-0.2, -0.15) is 4.31 Å². The van der Waals surface area contributed by atoms with Crippen molar-refractivity contribution in [2.24, 2.45) is 0 Å². The Morgan fingerprint density at radius 1 is 1.03 bits per heavy atom. The maximum Gasteiger partial charge on any atom is 0.254 e. The second-order valence-corrected chi connectivity index (χ2v) is 10.7. The number of sulfonamides is 1. The van der Waals surface area contributed by atoms with E-state index >= 15 is 0 Å². The van der Waals surface area contributed by atoms with E-state index in [1.807, 2.05) is 49.4 Å². The van der Waals surface area contributed by atoms with E-state index in [0.717, 1.165) is 30.4 Å². The smallest absolute Gasteiger partial charge is 0.254 e. The van der Waals surface area contributed by atoms with Crippen molar-refractivity contribution in [2.75, 3.05) is 13.2 Å². The number of carbonyl (C=O) groups excluding carboxylic acids is 1. The molecule has 0 bridgehead atoms. The largest absolute Gasteiger partial charge is 0.394 e. The van der Waals surface area contributed by atoms with Crippen molar-refractivity contribution in [1.82, 2.24) is 9.21 Å². The molecule has 0 spiro atoms. The summed E-state index contributed by atoms with van der Waals surface area (Å²) in [5.74, 6) is -0.0776. The van der Waals surface area contributed by atoms with Gasteiger partial charge in [-0.25, -0.2) is 8.42 Å². The topological polar surface area (TPSA) is 77.9 Å². The standard InChI is InChI=1S/C24H30N2O4S/c1-18-9-14-23(20-6-3-2-4-7-20)31(29,30)26(18)16-19-10-12-21(13-11-19)24(28)25-15-5-8-22(25)17-27/h2-4,6-7,10-13,18,22-23,27H,5,8-9,14-17H2,1H3. The Bertz CT molecular complexity index is 1010. The Hall–Kier alpha value is -2.22. The number of aliphatic hydroxyl groups is 1.